The molecule has 9 nitrogen and oxygen atoms in total. The van der Waals surface area contributed by atoms with Crippen LogP contribution in [0, 0.1) is 12.8 Å². The van der Waals surface area contributed by atoms with Gasteiger partial charge in [0.05, 0.1) is 15.9 Å². The van der Waals surface area contributed by atoms with E-state index in [1.807, 2.05) is 30.5 Å². The van der Waals surface area contributed by atoms with E-state index in [1.165, 1.54) is 18.4 Å². The highest BCUT2D eigenvalue weighted by Crippen LogP contribution is 2.31. The number of aromatic nitrogens is 2. The van der Waals surface area contributed by atoms with Gasteiger partial charge < -0.3 is 15.2 Å². The summed E-state index contributed by atoms with van der Waals surface area (Å²) < 4.78 is 28.1. The summed E-state index contributed by atoms with van der Waals surface area (Å²) in [6.07, 6.45) is 2.47. The SMILES string of the molecule is CCn1c(CCC(=O)Nc2cc(NC(=O)C3CC3)ccc2C)nc2cc(S(=O)(=O)N(C)C)ccc21. The summed E-state index contributed by atoms with van der Waals surface area (Å²) in [5.41, 5.74) is 3.64. The topological polar surface area (TPSA) is 113 Å². The molecule has 1 aliphatic carbocycles. The molecule has 2 amide bonds. The Kier molecular flexibility index (Phi) is 6.95. The van der Waals surface area contributed by atoms with Gasteiger partial charge in [0.25, 0.3) is 0 Å². The number of aryl methyl sites for hydroxylation is 3. The molecule has 3 aromatic rings. The maximum atomic E-state index is 12.7. The van der Waals surface area contributed by atoms with E-state index >= 15 is 0 Å². The highest BCUT2D eigenvalue weighted by Gasteiger charge is 2.29. The Balaban J connectivity index is 1.47. The lowest BCUT2D eigenvalue weighted by Crippen LogP contribution is -2.22. The van der Waals surface area contributed by atoms with Gasteiger partial charge in [0, 0.05) is 50.8 Å². The van der Waals surface area contributed by atoms with Crippen LogP contribution in [0.3, 0.4) is 0 Å². The number of sulfonamides is 1. The van der Waals surface area contributed by atoms with E-state index in [0.717, 1.165) is 29.7 Å². The van der Waals surface area contributed by atoms with E-state index in [-0.39, 0.29) is 29.0 Å². The summed E-state index contributed by atoms with van der Waals surface area (Å²) >= 11 is 0. The summed E-state index contributed by atoms with van der Waals surface area (Å²) in [4.78, 5) is 29.6. The molecule has 0 bridgehead atoms. The van der Waals surface area contributed by atoms with E-state index in [4.69, 9.17) is 0 Å². The van der Waals surface area contributed by atoms with Crippen LogP contribution in [0.25, 0.3) is 11.0 Å². The minimum Gasteiger partial charge on any atom is -0.328 e. The van der Waals surface area contributed by atoms with E-state index in [0.29, 0.717) is 29.9 Å². The van der Waals surface area contributed by atoms with Gasteiger partial charge in [0.2, 0.25) is 21.8 Å². The Morgan fingerprint density at radius 2 is 1.86 bits per heavy atom. The van der Waals surface area contributed by atoms with E-state index in [9.17, 15) is 18.0 Å². The number of anilines is 2. The van der Waals surface area contributed by atoms with E-state index in [2.05, 4.69) is 15.6 Å². The van der Waals surface area contributed by atoms with Crippen LogP contribution in [-0.4, -0.2) is 48.2 Å². The van der Waals surface area contributed by atoms with Gasteiger partial charge >= 0.3 is 0 Å². The minimum absolute atomic E-state index is 0.0196. The van der Waals surface area contributed by atoms with Crippen molar-refractivity contribution in [1.82, 2.24) is 13.9 Å². The standard InChI is InChI=1S/C25H31N5O4S/c1-5-30-22-11-10-19(35(33,34)29(3)4)15-21(22)27-23(30)12-13-24(31)28-20-14-18(9-6-16(20)2)26-25(32)17-7-8-17/h6,9-11,14-15,17H,5,7-8,12-13H2,1-4H3,(H,26,32)(H,28,31). The molecule has 2 N–H and O–H groups in total. The fraction of sp³-hybridized carbons (Fsp3) is 0.400. The number of carbonyl (C=O) groups excluding carboxylic acids is 2. The number of imidazole rings is 1. The second-order valence-corrected chi connectivity index (χ2v) is 11.2. The van der Waals surface area contributed by atoms with Gasteiger partial charge in [-0.05, 0) is 62.6 Å². The predicted octanol–water partition coefficient (Wildman–Crippen LogP) is 3.53. The molecule has 10 heteroatoms. The van der Waals surface area contributed by atoms with Crippen molar-refractivity contribution in [3.63, 3.8) is 0 Å². The number of rotatable bonds is 9. The molecule has 1 aliphatic rings. The number of hydrogen-bond acceptors (Lipinski definition) is 5. The summed E-state index contributed by atoms with van der Waals surface area (Å²) in [6.45, 7) is 4.53. The van der Waals surface area contributed by atoms with Gasteiger partial charge in [0.1, 0.15) is 5.82 Å². The van der Waals surface area contributed by atoms with Gasteiger partial charge in [-0.25, -0.2) is 17.7 Å². The third kappa shape index (κ3) is 5.38. The van der Waals surface area contributed by atoms with Crippen LogP contribution < -0.4 is 10.6 Å². The van der Waals surface area contributed by atoms with Crippen molar-refractivity contribution in [2.45, 2.75) is 51.0 Å². The number of hydrogen-bond donors (Lipinski definition) is 2. The molecule has 0 unspecified atom stereocenters. The molecule has 2 aromatic carbocycles. The summed E-state index contributed by atoms with van der Waals surface area (Å²) in [5.74, 6) is 0.681. The largest absolute Gasteiger partial charge is 0.328 e. The van der Waals surface area contributed by atoms with Crippen molar-refractivity contribution in [3.8, 4) is 0 Å². The summed E-state index contributed by atoms with van der Waals surface area (Å²) in [7, 11) is -0.577. The fourth-order valence-corrected chi connectivity index (χ4v) is 4.86. The zero-order chi connectivity index (χ0) is 25.3. The second kappa shape index (κ2) is 9.79. The molecular formula is C25H31N5O4S. The van der Waals surface area contributed by atoms with Gasteiger partial charge in [-0.15, -0.1) is 0 Å². The first-order valence-corrected chi connectivity index (χ1v) is 13.2. The number of nitrogens with zero attached hydrogens (tertiary/aromatic N) is 3. The third-order valence-corrected chi connectivity index (χ3v) is 8.01. The Morgan fingerprint density at radius 1 is 1.11 bits per heavy atom. The molecule has 186 valence electrons. The van der Waals surface area contributed by atoms with Crippen molar-refractivity contribution in [1.29, 1.82) is 0 Å². The first-order valence-electron chi connectivity index (χ1n) is 11.7. The molecule has 1 aromatic heterocycles. The van der Waals surface area contributed by atoms with Crippen LogP contribution in [-0.2, 0) is 32.6 Å². The summed E-state index contributed by atoms with van der Waals surface area (Å²) in [6, 6.07) is 10.4. The van der Waals surface area contributed by atoms with E-state index < -0.39 is 10.0 Å². The van der Waals surface area contributed by atoms with Crippen molar-refractivity contribution in [2.24, 2.45) is 5.92 Å². The maximum Gasteiger partial charge on any atom is 0.242 e. The normalized spacial score (nSPS) is 13.9. The van der Waals surface area contributed by atoms with Gasteiger partial charge in [-0.1, -0.05) is 6.07 Å². The number of fused-ring (bicyclic) bond motifs is 1. The summed E-state index contributed by atoms with van der Waals surface area (Å²) in [5, 5.41) is 5.84. The van der Waals surface area contributed by atoms with Crippen LogP contribution in [0.15, 0.2) is 41.3 Å². The molecule has 35 heavy (non-hydrogen) atoms. The first kappa shape index (κ1) is 24.9. The smallest absolute Gasteiger partial charge is 0.242 e. The molecule has 0 saturated heterocycles. The molecule has 0 atom stereocenters. The number of nitrogens with one attached hydrogen (secondary N) is 2. The van der Waals surface area contributed by atoms with Crippen LogP contribution >= 0.6 is 0 Å². The average Bonchev–Trinajstić information content (AvgIpc) is 3.60. The Bertz CT molecular complexity index is 1390. The molecule has 0 spiro atoms. The molecular weight excluding hydrogens is 466 g/mol. The van der Waals surface area contributed by atoms with Crippen molar-refractivity contribution in [3.05, 3.63) is 47.8 Å². The van der Waals surface area contributed by atoms with Crippen molar-refractivity contribution in [2.75, 3.05) is 24.7 Å². The lowest BCUT2D eigenvalue weighted by atomic mass is 10.1. The predicted molar refractivity (Wildman–Crippen MR) is 136 cm³/mol. The molecule has 0 aliphatic heterocycles. The van der Waals surface area contributed by atoms with Gasteiger partial charge in [-0.3, -0.25) is 9.59 Å². The Morgan fingerprint density at radius 3 is 2.51 bits per heavy atom. The number of benzene rings is 2. The van der Waals surface area contributed by atoms with Crippen LogP contribution in [0.1, 0.15) is 37.6 Å². The first-order chi connectivity index (χ1) is 16.6. The van der Waals surface area contributed by atoms with Crippen LogP contribution in [0.4, 0.5) is 11.4 Å². The van der Waals surface area contributed by atoms with Crippen LogP contribution in [0.2, 0.25) is 0 Å². The molecule has 1 fully saturated rings. The molecule has 1 heterocycles. The fourth-order valence-electron chi connectivity index (χ4n) is 3.94. The lowest BCUT2D eigenvalue weighted by molar-refractivity contribution is -0.117. The minimum atomic E-state index is -3.56. The second-order valence-electron chi connectivity index (χ2n) is 9.05. The average molecular weight is 498 g/mol. The Hall–Kier alpha value is -3.24. The van der Waals surface area contributed by atoms with Crippen molar-refractivity contribution < 1.29 is 18.0 Å². The zero-order valence-electron chi connectivity index (χ0n) is 20.5. The highest BCUT2D eigenvalue weighted by molar-refractivity contribution is 7.89. The lowest BCUT2D eigenvalue weighted by Gasteiger charge is -2.12. The monoisotopic (exact) mass is 497 g/mol. The maximum absolute atomic E-state index is 12.7. The van der Waals surface area contributed by atoms with Gasteiger partial charge in [0.15, 0.2) is 0 Å². The van der Waals surface area contributed by atoms with E-state index in [1.54, 1.807) is 24.3 Å². The quantitative estimate of drug-likeness (QED) is 0.470. The number of amides is 2. The zero-order valence-corrected chi connectivity index (χ0v) is 21.3. The Labute approximate surface area is 205 Å². The van der Waals surface area contributed by atoms with Crippen LogP contribution in [0.5, 0.6) is 0 Å². The number of carbonyl (C=O) groups is 2. The van der Waals surface area contributed by atoms with Crippen molar-refractivity contribution >= 4 is 44.2 Å². The molecule has 1 saturated carbocycles. The third-order valence-electron chi connectivity index (χ3n) is 6.20. The van der Waals surface area contributed by atoms with Gasteiger partial charge in [-0.2, -0.15) is 0 Å². The molecule has 0 radical (unpaired) electrons. The molecule has 4 rings (SSSR count). The highest BCUT2D eigenvalue weighted by atomic mass is 32.2.